The highest BCUT2D eigenvalue weighted by Gasteiger charge is 2.24. The Kier molecular flexibility index (Phi) is 4.47. The summed E-state index contributed by atoms with van der Waals surface area (Å²) in [5.41, 5.74) is 2.86. The first-order valence-electron chi connectivity index (χ1n) is 8.09. The number of amides is 1. The van der Waals surface area contributed by atoms with Crippen molar-refractivity contribution >= 4 is 27.5 Å². The van der Waals surface area contributed by atoms with Gasteiger partial charge in [0.25, 0.3) is 11.5 Å². The summed E-state index contributed by atoms with van der Waals surface area (Å²) in [6, 6.07) is 8.11. The van der Waals surface area contributed by atoms with E-state index in [2.05, 4.69) is 4.98 Å². The van der Waals surface area contributed by atoms with Gasteiger partial charge in [-0.25, -0.2) is 4.98 Å². The second-order valence-corrected chi connectivity index (χ2v) is 7.40. The van der Waals surface area contributed by atoms with Crippen molar-refractivity contribution in [2.45, 2.75) is 26.8 Å². The van der Waals surface area contributed by atoms with Crippen LogP contribution in [0.4, 0.5) is 0 Å². The summed E-state index contributed by atoms with van der Waals surface area (Å²) in [6.07, 6.45) is 1.49. The average molecular weight is 355 g/mol. The van der Waals surface area contributed by atoms with Crippen molar-refractivity contribution < 1.29 is 4.79 Å². The predicted molar refractivity (Wildman–Crippen MR) is 101 cm³/mol. The molecule has 25 heavy (non-hydrogen) atoms. The molecular formula is C19H21N3O2S. The van der Waals surface area contributed by atoms with E-state index in [1.165, 1.54) is 27.8 Å². The molecule has 0 spiro atoms. The van der Waals surface area contributed by atoms with Gasteiger partial charge in [0.2, 0.25) is 0 Å². The summed E-state index contributed by atoms with van der Waals surface area (Å²) in [5.74, 6) is -0.0874. The molecule has 0 aliphatic carbocycles. The maximum absolute atomic E-state index is 13.0. The van der Waals surface area contributed by atoms with Crippen molar-refractivity contribution in [2.75, 3.05) is 7.05 Å². The first kappa shape index (κ1) is 17.4. The van der Waals surface area contributed by atoms with E-state index in [0.29, 0.717) is 20.7 Å². The minimum atomic E-state index is -0.118. The molecule has 0 aliphatic heterocycles. The molecule has 1 aromatic carbocycles. The van der Waals surface area contributed by atoms with Crippen molar-refractivity contribution in [2.24, 2.45) is 7.05 Å². The Hall–Kier alpha value is -2.47. The molecule has 0 saturated carbocycles. The van der Waals surface area contributed by atoms with Crippen LogP contribution in [0.2, 0.25) is 0 Å². The van der Waals surface area contributed by atoms with E-state index >= 15 is 0 Å². The van der Waals surface area contributed by atoms with Crippen LogP contribution in [0.15, 0.2) is 35.4 Å². The summed E-state index contributed by atoms with van der Waals surface area (Å²) in [7, 11) is 3.46. The van der Waals surface area contributed by atoms with E-state index in [1.807, 2.05) is 45.0 Å². The van der Waals surface area contributed by atoms with Crippen molar-refractivity contribution in [3.63, 3.8) is 0 Å². The lowest BCUT2D eigenvalue weighted by Crippen LogP contribution is -2.29. The molecule has 0 aliphatic rings. The Morgan fingerprint density at radius 3 is 2.52 bits per heavy atom. The van der Waals surface area contributed by atoms with Crippen LogP contribution in [0, 0.1) is 13.8 Å². The normalized spacial score (nSPS) is 12.4. The van der Waals surface area contributed by atoms with Gasteiger partial charge >= 0.3 is 0 Å². The van der Waals surface area contributed by atoms with Crippen LogP contribution in [0.5, 0.6) is 0 Å². The zero-order valence-electron chi connectivity index (χ0n) is 15.0. The second kappa shape index (κ2) is 6.44. The number of benzene rings is 1. The number of fused-ring (bicyclic) bond motifs is 1. The number of aryl methyl sites for hydroxylation is 3. The largest absolute Gasteiger partial charge is 0.334 e. The number of thiophene rings is 1. The third kappa shape index (κ3) is 2.98. The van der Waals surface area contributed by atoms with Crippen LogP contribution < -0.4 is 5.56 Å². The molecule has 1 unspecified atom stereocenters. The molecular weight excluding hydrogens is 334 g/mol. The Bertz CT molecular complexity index is 1000. The molecule has 3 aromatic rings. The number of rotatable bonds is 3. The van der Waals surface area contributed by atoms with E-state index in [0.717, 1.165) is 5.56 Å². The van der Waals surface area contributed by atoms with Crippen LogP contribution in [0.3, 0.4) is 0 Å². The van der Waals surface area contributed by atoms with Crippen molar-refractivity contribution in [1.29, 1.82) is 0 Å². The maximum Gasteiger partial charge on any atom is 0.264 e. The Morgan fingerprint density at radius 1 is 1.24 bits per heavy atom. The average Bonchev–Trinajstić information content (AvgIpc) is 2.94. The van der Waals surface area contributed by atoms with Gasteiger partial charge in [0.15, 0.2) is 0 Å². The second-order valence-electron chi connectivity index (χ2n) is 6.40. The third-order valence-electron chi connectivity index (χ3n) is 4.67. The fourth-order valence-corrected chi connectivity index (χ4v) is 3.94. The van der Waals surface area contributed by atoms with E-state index in [4.69, 9.17) is 0 Å². The molecule has 5 nitrogen and oxygen atoms in total. The maximum atomic E-state index is 13.0. The van der Waals surface area contributed by atoms with Crippen LogP contribution in [0.25, 0.3) is 10.2 Å². The first-order chi connectivity index (χ1) is 11.8. The van der Waals surface area contributed by atoms with E-state index in [-0.39, 0.29) is 17.5 Å². The molecule has 0 N–H and O–H groups in total. The third-order valence-corrected chi connectivity index (χ3v) is 5.85. The van der Waals surface area contributed by atoms with Crippen LogP contribution in [-0.4, -0.2) is 27.4 Å². The van der Waals surface area contributed by atoms with Crippen molar-refractivity contribution in [3.05, 3.63) is 62.5 Å². The number of nitrogens with zero attached hydrogens (tertiary/aromatic N) is 3. The fraction of sp³-hybridized carbons (Fsp3) is 0.316. The van der Waals surface area contributed by atoms with Gasteiger partial charge in [-0.15, -0.1) is 11.3 Å². The molecule has 1 amide bonds. The highest BCUT2D eigenvalue weighted by atomic mass is 32.1. The van der Waals surface area contributed by atoms with Gasteiger partial charge < -0.3 is 9.47 Å². The summed E-state index contributed by atoms with van der Waals surface area (Å²) in [4.78, 5) is 32.6. The molecule has 0 radical (unpaired) electrons. The van der Waals surface area contributed by atoms with Gasteiger partial charge in [0.1, 0.15) is 4.83 Å². The standard InChI is InChI=1S/C19H21N3O2S/c1-11-6-8-14(9-7-11)13(3)22(5)19(24)16-12(2)15-17(25-16)20-10-21(4)18(15)23/h6-10,13H,1-5H3. The van der Waals surface area contributed by atoms with Gasteiger partial charge in [0, 0.05) is 14.1 Å². The van der Waals surface area contributed by atoms with Crippen molar-refractivity contribution in [1.82, 2.24) is 14.5 Å². The molecule has 2 aromatic heterocycles. The van der Waals surface area contributed by atoms with Gasteiger partial charge in [0.05, 0.1) is 22.6 Å². The van der Waals surface area contributed by atoms with Gasteiger partial charge in [-0.1, -0.05) is 29.8 Å². The monoisotopic (exact) mass is 355 g/mol. The first-order valence-corrected chi connectivity index (χ1v) is 8.91. The SMILES string of the molecule is Cc1ccc(C(C)N(C)C(=O)c2sc3ncn(C)c(=O)c3c2C)cc1. The van der Waals surface area contributed by atoms with E-state index in [1.54, 1.807) is 19.0 Å². The summed E-state index contributed by atoms with van der Waals surface area (Å²) < 4.78 is 1.44. The molecule has 0 bridgehead atoms. The number of aromatic nitrogens is 2. The van der Waals surface area contributed by atoms with Crippen LogP contribution in [-0.2, 0) is 7.05 Å². The lowest BCUT2D eigenvalue weighted by atomic mass is 10.1. The highest BCUT2D eigenvalue weighted by Crippen LogP contribution is 2.30. The quantitative estimate of drug-likeness (QED) is 0.723. The summed E-state index contributed by atoms with van der Waals surface area (Å²) in [6.45, 7) is 5.86. The van der Waals surface area contributed by atoms with E-state index in [9.17, 15) is 9.59 Å². The number of hydrogen-bond donors (Lipinski definition) is 0. The molecule has 1 atom stereocenters. The Labute approximate surface area is 150 Å². The number of carbonyl (C=O) groups is 1. The van der Waals surface area contributed by atoms with Gasteiger partial charge in [-0.3, -0.25) is 9.59 Å². The molecule has 130 valence electrons. The summed E-state index contributed by atoms with van der Waals surface area (Å²) >= 11 is 1.28. The molecule has 2 heterocycles. The van der Waals surface area contributed by atoms with Gasteiger partial charge in [-0.2, -0.15) is 0 Å². The number of carbonyl (C=O) groups excluding carboxylic acids is 1. The zero-order chi connectivity index (χ0) is 18.3. The predicted octanol–water partition coefficient (Wildman–Crippen LogP) is 3.45. The topological polar surface area (TPSA) is 55.2 Å². The smallest absolute Gasteiger partial charge is 0.264 e. The Balaban J connectivity index is 1.99. The molecule has 6 heteroatoms. The Morgan fingerprint density at radius 2 is 1.88 bits per heavy atom. The molecule has 0 fully saturated rings. The lowest BCUT2D eigenvalue weighted by molar-refractivity contribution is 0.0747. The van der Waals surface area contributed by atoms with E-state index < -0.39 is 0 Å². The van der Waals surface area contributed by atoms with Crippen LogP contribution in [0.1, 0.15) is 39.3 Å². The summed E-state index contributed by atoms with van der Waals surface area (Å²) in [5, 5.41) is 0.537. The lowest BCUT2D eigenvalue weighted by Gasteiger charge is -2.25. The van der Waals surface area contributed by atoms with Gasteiger partial charge in [-0.05, 0) is 31.9 Å². The number of hydrogen-bond acceptors (Lipinski definition) is 4. The molecule has 3 rings (SSSR count). The van der Waals surface area contributed by atoms with Crippen molar-refractivity contribution in [3.8, 4) is 0 Å². The highest BCUT2D eigenvalue weighted by molar-refractivity contribution is 7.20. The minimum absolute atomic E-state index is 0.0616. The van der Waals surface area contributed by atoms with Crippen LogP contribution >= 0.6 is 11.3 Å². The minimum Gasteiger partial charge on any atom is -0.334 e. The molecule has 0 saturated heterocycles. The zero-order valence-corrected chi connectivity index (χ0v) is 15.8. The fourth-order valence-electron chi connectivity index (χ4n) is 2.82.